The molecule has 0 radical (unpaired) electrons. The van der Waals surface area contributed by atoms with Crippen molar-refractivity contribution in [2.75, 3.05) is 18.4 Å². The highest BCUT2D eigenvalue weighted by atomic mass is 16.4. The predicted octanol–water partition coefficient (Wildman–Crippen LogP) is 0.724. The highest BCUT2D eigenvalue weighted by Crippen LogP contribution is 2.18. The maximum atomic E-state index is 12.0. The van der Waals surface area contributed by atoms with Gasteiger partial charge in [-0.25, -0.2) is 9.59 Å². The molecule has 3 amide bonds. The van der Waals surface area contributed by atoms with Crippen LogP contribution in [0.25, 0.3) is 0 Å². The standard InChI is InChI=1S/C13H15N3O4/c14-11(17)9-4-5-16(7-9)13(20)15-10-3-1-2-8(6-10)12(18)19/h1-3,6,9H,4-5,7H2,(H2,14,17)(H,15,20)(H,18,19). The van der Waals surface area contributed by atoms with Crippen molar-refractivity contribution in [2.24, 2.45) is 11.7 Å². The molecular formula is C13H15N3O4. The van der Waals surface area contributed by atoms with Crippen molar-refractivity contribution in [3.05, 3.63) is 29.8 Å². The lowest BCUT2D eigenvalue weighted by molar-refractivity contribution is -0.121. The van der Waals surface area contributed by atoms with Gasteiger partial charge in [0.25, 0.3) is 0 Å². The number of benzene rings is 1. The number of amides is 3. The molecule has 0 aliphatic carbocycles. The molecule has 2 rings (SSSR count). The number of nitrogens with zero attached hydrogens (tertiary/aromatic N) is 1. The van der Waals surface area contributed by atoms with E-state index in [-0.39, 0.29) is 17.5 Å². The lowest BCUT2D eigenvalue weighted by Crippen LogP contribution is -2.34. The van der Waals surface area contributed by atoms with Crippen LogP contribution in [-0.4, -0.2) is 41.0 Å². The number of carboxylic acid groups (broad SMARTS) is 1. The van der Waals surface area contributed by atoms with Gasteiger partial charge in [-0.3, -0.25) is 4.79 Å². The molecule has 1 fully saturated rings. The van der Waals surface area contributed by atoms with Crippen LogP contribution in [0.15, 0.2) is 24.3 Å². The third kappa shape index (κ3) is 3.05. The number of nitrogens with two attached hydrogens (primary N) is 1. The number of anilines is 1. The molecule has 0 spiro atoms. The molecule has 0 bridgehead atoms. The van der Waals surface area contributed by atoms with Gasteiger partial charge in [0, 0.05) is 18.8 Å². The molecule has 1 unspecified atom stereocenters. The van der Waals surface area contributed by atoms with Gasteiger partial charge in [-0.15, -0.1) is 0 Å². The second-order valence-electron chi connectivity index (χ2n) is 4.65. The van der Waals surface area contributed by atoms with Crippen LogP contribution in [0.3, 0.4) is 0 Å². The number of hydrogen-bond donors (Lipinski definition) is 3. The van der Waals surface area contributed by atoms with Gasteiger partial charge in [-0.2, -0.15) is 0 Å². The van der Waals surface area contributed by atoms with Gasteiger partial charge >= 0.3 is 12.0 Å². The molecule has 1 aliphatic rings. The van der Waals surface area contributed by atoms with E-state index in [2.05, 4.69) is 5.32 Å². The average Bonchev–Trinajstić information content (AvgIpc) is 2.88. The van der Waals surface area contributed by atoms with Crippen molar-refractivity contribution in [3.8, 4) is 0 Å². The van der Waals surface area contributed by atoms with Gasteiger partial charge in [0.05, 0.1) is 11.5 Å². The molecule has 7 nitrogen and oxygen atoms in total. The van der Waals surface area contributed by atoms with E-state index in [9.17, 15) is 14.4 Å². The van der Waals surface area contributed by atoms with E-state index < -0.39 is 11.9 Å². The number of rotatable bonds is 3. The largest absolute Gasteiger partial charge is 0.478 e. The number of urea groups is 1. The van der Waals surface area contributed by atoms with Gasteiger partial charge in [0.1, 0.15) is 0 Å². The molecule has 20 heavy (non-hydrogen) atoms. The van der Waals surface area contributed by atoms with E-state index in [4.69, 9.17) is 10.8 Å². The van der Waals surface area contributed by atoms with Crippen LogP contribution in [0.5, 0.6) is 0 Å². The first-order chi connectivity index (χ1) is 9.47. The van der Waals surface area contributed by atoms with Crippen LogP contribution in [0, 0.1) is 5.92 Å². The smallest absolute Gasteiger partial charge is 0.335 e. The maximum absolute atomic E-state index is 12.0. The Morgan fingerprint density at radius 2 is 2.10 bits per heavy atom. The van der Waals surface area contributed by atoms with Gasteiger partial charge in [-0.1, -0.05) is 6.07 Å². The monoisotopic (exact) mass is 277 g/mol. The number of likely N-dealkylation sites (tertiary alicyclic amines) is 1. The van der Waals surface area contributed by atoms with Gasteiger partial charge < -0.3 is 21.1 Å². The van der Waals surface area contributed by atoms with Crippen LogP contribution in [0.1, 0.15) is 16.8 Å². The lowest BCUT2D eigenvalue weighted by atomic mass is 10.1. The Kier molecular flexibility index (Phi) is 3.88. The molecule has 1 aromatic carbocycles. The third-order valence-electron chi connectivity index (χ3n) is 3.24. The van der Waals surface area contributed by atoms with Crippen LogP contribution >= 0.6 is 0 Å². The topological polar surface area (TPSA) is 113 Å². The molecule has 1 atom stereocenters. The molecule has 106 valence electrons. The molecule has 4 N–H and O–H groups in total. The van der Waals surface area contributed by atoms with Crippen molar-refractivity contribution in [1.29, 1.82) is 0 Å². The average molecular weight is 277 g/mol. The molecule has 0 aromatic heterocycles. The summed E-state index contributed by atoms with van der Waals surface area (Å²) in [7, 11) is 0. The molecule has 7 heteroatoms. The highest BCUT2D eigenvalue weighted by Gasteiger charge is 2.29. The first kappa shape index (κ1) is 13.9. The minimum Gasteiger partial charge on any atom is -0.478 e. The molecule has 1 aliphatic heterocycles. The molecule has 1 saturated heterocycles. The third-order valence-corrected chi connectivity index (χ3v) is 3.24. The van der Waals surface area contributed by atoms with E-state index in [0.717, 1.165) is 0 Å². The van der Waals surface area contributed by atoms with E-state index >= 15 is 0 Å². The van der Waals surface area contributed by atoms with Gasteiger partial charge in [0.2, 0.25) is 5.91 Å². The zero-order chi connectivity index (χ0) is 14.7. The molecule has 1 heterocycles. The van der Waals surface area contributed by atoms with Crippen molar-refractivity contribution in [1.82, 2.24) is 4.90 Å². The van der Waals surface area contributed by atoms with Crippen LogP contribution in [-0.2, 0) is 4.79 Å². The number of aromatic carboxylic acids is 1. The highest BCUT2D eigenvalue weighted by molar-refractivity contribution is 5.93. The van der Waals surface area contributed by atoms with Crippen molar-refractivity contribution in [3.63, 3.8) is 0 Å². The fraction of sp³-hybridized carbons (Fsp3) is 0.308. The Hall–Kier alpha value is -2.57. The Balaban J connectivity index is 2.00. The minimum atomic E-state index is -1.06. The Morgan fingerprint density at radius 3 is 2.70 bits per heavy atom. The van der Waals surface area contributed by atoms with E-state index in [0.29, 0.717) is 25.2 Å². The quantitative estimate of drug-likeness (QED) is 0.755. The molecule has 0 saturated carbocycles. The summed E-state index contributed by atoms with van der Waals surface area (Å²) in [5.41, 5.74) is 5.70. The summed E-state index contributed by atoms with van der Waals surface area (Å²) in [4.78, 5) is 35.4. The Morgan fingerprint density at radius 1 is 1.35 bits per heavy atom. The first-order valence-electron chi connectivity index (χ1n) is 6.16. The van der Waals surface area contributed by atoms with Crippen LogP contribution < -0.4 is 11.1 Å². The number of carbonyl (C=O) groups is 3. The second-order valence-corrected chi connectivity index (χ2v) is 4.65. The zero-order valence-corrected chi connectivity index (χ0v) is 10.7. The summed E-state index contributed by atoms with van der Waals surface area (Å²) < 4.78 is 0. The SMILES string of the molecule is NC(=O)C1CCN(C(=O)Nc2cccc(C(=O)O)c2)C1. The van der Waals surface area contributed by atoms with Crippen LogP contribution in [0.2, 0.25) is 0 Å². The number of carbonyl (C=O) groups excluding carboxylic acids is 2. The predicted molar refractivity (Wildman–Crippen MR) is 71.3 cm³/mol. The van der Waals surface area contributed by atoms with Gasteiger partial charge in [-0.05, 0) is 24.6 Å². The summed E-state index contributed by atoms with van der Waals surface area (Å²) in [6.45, 7) is 0.748. The number of nitrogens with one attached hydrogen (secondary N) is 1. The minimum absolute atomic E-state index is 0.0965. The summed E-state index contributed by atoms with van der Waals surface area (Å²) in [6.07, 6.45) is 0.553. The maximum Gasteiger partial charge on any atom is 0.335 e. The van der Waals surface area contributed by atoms with Crippen molar-refractivity contribution in [2.45, 2.75) is 6.42 Å². The second kappa shape index (κ2) is 5.60. The number of hydrogen-bond acceptors (Lipinski definition) is 3. The summed E-state index contributed by atoms with van der Waals surface area (Å²) >= 11 is 0. The lowest BCUT2D eigenvalue weighted by Gasteiger charge is -2.17. The fourth-order valence-electron chi connectivity index (χ4n) is 2.11. The summed E-state index contributed by atoms with van der Waals surface area (Å²) in [5.74, 6) is -1.78. The number of primary amides is 1. The zero-order valence-electron chi connectivity index (χ0n) is 10.7. The van der Waals surface area contributed by atoms with Crippen LogP contribution in [0.4, 0.5) is 10.5 Å². The van der Waals surface area contributed by atoms with Crippen molar-refractivity contribution < 1.29 is 19.5 Å². The van der Waals surface area contributed by atoms with E-state index in [1.165, 1.54) is 17.0 Å². The van der Waals surface area contributed by atoms with Crippen molar-refractivity contribution >= 4 is 23.6 Å². The number of carboxylic acids is 1. The fourth-order valence-corrected chi connectivity index (χ4v) is 2.11. The molecular weight excluding hydrogens is 262 g/mol. The Labute approximate surface area is 115 Å². The Bertz CT molecular complexity index is 558. The first-order valence-corrected chi connectivity index (χ1v) is 6.16. The molecule has 1 aromatic rings. The normalized spacial score (nSPS) is 17.8. The van der Waals surface area contributed by atoms with E-state index in [1.807, 2.05) is 0 Å². The van der Waals surface area contributed by atoms with Gasteiger partial charge in [0.15, 0.2) is 0 Å². The van der Waals surface area contributed by atoms with E-state index in [1.54, 1.807) is 12.1 Å². The summed E-state index contributed by atoms with van der Waals surface area (Å²) in [5, 5.41) is 11.5. The summed E-state index contributed by atoms with van der Waals surface area (Å²) in [6, 6.07) is 5.61.